The Bertz CT molecular complexity index is 3050. The summed E-state index contributed by atoms with van der Waals surface area (Å²) in [5, 5.41) is 12.0. The largest absolute Gasteiger partial charge is 0.357 e. The van der Waals surface area contributed by atoms with Crippen molar-refractivity contribution in [1.29, 1.82) is 0 Å². The molecule has 0 radical (unpaired) electrons. The predicted molar refractivity (Wildman–Crippen MR) is 239 cm³/mol. The number of hydrogen-bond acceptors (Lipinski definition) is 2. The first-order chi connectivity index (χ1) is 28.2. The van der Waals surface area contributed by atoms with Crippen LogP contribution in [0.25, 0.3) is 82.9 Å². The first-order valence-corrected chi connectivity index (χ1v) is 19.9. The van der Waals surface area contributed by atoms with E-state index in [1.807, 2.05) is 0 Å². The molecule has 2 atom stereocenters. The van der Waals surface area contributed by atoms with Crippen LogP contribution in [-0.2, 0) is 0 Å². The van der Waals surface area contributed by atoms with Crippen molar-refractivity contribution in [3.05, 3.63) is 211 Å². The van der Waals surface area contributed by atoms with Gasteiger partial charge in [-0.2, -0.15) is 0 Å². The molecule has 1 aliphatic heterocycles. The second-order valence-corrected chi connectivity index (χ2v) is 15.2. The van der Waals surface area contributed by atoms with Gasteiger partial charge < -0.3 is 14.5 Å². The van der Waals surface area contributed by atoms with Gasteiger partial charge in [-0.1, -0.05) is 157 Å². The zero-order chi connectivity index (χ0) is 37.9. The molecule has 2 aromatic heterocycles. The topological polar surface area (TPSA) is 33.9 Å². The summed E-state index contributed by atoms with van der Waals surface area (Å²) in [6.45, 7) is 0. The fourth-order valence-electron chi connectivity index (χ4n) is 8.75. The molecular formula is C52H37ClN4. The van der Waals surface area contributed by atoms with Crippen LogP contribution in [0.1, 0.15) is 17.2 Å². The number of para-hydroxylation sites is 4. The monoisotopic (exact) mass is 752 g/mol. The van der Waals surface area contributed by atoms with Gasteiger partial charge in [-0.15, -0.1) is 0 Å². The maximum Gasteiger partial charge on any atom is 0.155 e. The molecule has 2 N–H and O–H groups in total. The lowest BCUT2D eigenvalue weighted by Crippen LogP contribution is -2.42. The van der Waals surface area contributed by atoms with E-state index in [4.69, 9.17) is 11.6 Å². The van der Waals surface area contributed by atoms with Gasteiger partial charge in [0.15, 0.2) is 5.62 Å². The second kappa shape index (κ2) is 13.7. The van der Waals surface area contributed by atoms with Crippen LogP contribution in [0.3, 0.4) is 0 Å². The quantitative estimate of drug-likeness (QED) is 0.131. The Morgan fingerprint density at radius 3 is 1.25 bits per heavy atom. The van der Waals surface area contributed by atoms with E-state index in [0.717, 1.165) is 33.8 Å². The maximum atomic E-state index is 6.79. The standard InChI is InChI=1S/C52H37ClN4/c53-52-54-46(36-27-23-34(24-28-36)38-11-9-13-40(31-38)56-48-19-5-1-15-42(48)43-16-2-6-20-49(43)56)33-47(55-52)37-29-25-35(26-30-37)39-12-10-14-41(32-39)57-50-21-7-3-17-44(50)45-18-4-8-22-51(45)57/h1-33,46,52,54-55H. The Labute approximate surface area is 335 Å². The van der Waals surface area contributed by atoms with E-state index in [2.05, 4.69) is 220 Å². The summed E-state index contributed by atoms with van der Waals surface area (Å²) in [7, 11) is 0. The Hall–Kier alpha value is -6.85. The Morgan fingerprint density at radius 2 is 0.789 bits per heavy atom. The van der Waals surface area contributed by atoms with Gasteiger partial charge in [-0.05, 0) is 88.0 Å². The lowest BCUT2D eigenvalue weighted by Gasteiger charge is -2.29. The van der Waals surface area contributed by atoms with Crippen molar-refractivity contribution in [2.75, 3.05) is 0 Å². The van der Waals surface area contributed by atoms with Crippen molar-refractivity contribution in [2.24, 2.45) is 0 Å². The second-order valence-electron chi connectivity index (χ2n) is 14.8. The van der Waals surface area contributed by atoms with Crippen LogP contribution in [0.4, 0.5) is 0 Å². The number of benzene rings is 8. The molecule has 0 amide bonds. The molecule has 0 saturated heterocycles. The Morgan fingerprint density at radius 1 is 0.386 bits per heavy atom. The van der Waals surface area contributed by atoms with Gasteiger partial charge in [0.05, 0.1) is 28.1 Å². The van der Waals surface area contributed by atoms with Crippen molar-refractivity contribution in [1.82, 2.24) is 19.8 Å². The fraction of sp³-hybridized carbons (Fsp3) is 0.0385. The molecule has 0 saturated carbocycles. The van der Waals surface area contributed by atoms with Crippen LogP contribution >= 0.6 is 11.6 Å². The van der Waals surface area contributed by atoms with Gasteiger partial charge in [-0.25, -0.2) is 0 Å². The number of halogens is 1. The number of alkyl halides is 1. The molecule has 0 bridgehead atoms. The third-order valence-electron chi connectivity index (χ3n) is 11.4. The van der Waals surface area contributed by atoms with E-state index >= 15 is 0 Å². The van der Waals surface area contributed by atoms with Crippen LogP contribution in [0.5, 0.6) is 0 Å². The summed E-state index contributed by atoms with van der Waals surface area (Å²) in [4.78, 5) is 0. The van der Waals surface area contributed by atoms with Gasteiger partial charge in [0.1, 0.15) is 0 Å². The number of hydrogen-bond donors (Lipinski definition) is 2. The molecule has 272 valence electrons. The molecule has 1 aliphatic rings. The van der Waals surface area contributed by atoms with Gasteiger partial charge >= 0.3 is 0 Å². The summed E-state index contributed by atoms with van der Waals surface area (Å²) < 4.78 is 4.73. The van der Waals surface area contributed by atoms with Crippen LogP contribution in [0.2, 0.25) is 0 Å². The highest BCUT2D eigenvalue weighted by molar-refractivity contribution is 6.20. The van der Waals surface area contributed by atoms with Crippen molar-refractivity contribution >= 4 is 60.9 Å². The zero-order valence-corrected chi connectivity index (χ0v) is 31.7. The van der Waals surface area contributed by atoms with Crippen molar-refractivity contribution in [3.8, 4) is 33.6 Å². The van der Waals surface area contributed by atoms with Gasteiger partial charge in [0.25, 0.3) is 0 Å². The summed E-state index contributed by atoms with van der Waals surface area (Å²) >= 11 is 6.79. The van der Waals surface area contributed by atoms with Crippen molar-refractivity contribution in [2.45, 2.75) is 11.7 Å². The first-order valence-electron chi connectivity index (χ1n) is 19.4. The lowest BCUT2D eigenvalue weighted by atomic mass is 9.97. The van der Waals surface area contributed by atoms with Crippen molar-refractivity contribution in [3.63, 3.8) is 0 Å². The number of aromatic nitrogens is 2. The molecule has 8 aromatic carbocycles. The molecule has 11 rings (SSSR count). The normalized spacial score (nSPS) is 15.6. The SMILES string of the molecule is ClC1NC(c2ccc(-c3cccc(-n4c5ccccc5c5ccccc54)c3)cc2)=CC(c2ccc(-c3cccc(-n4c5ccccc5c5ccccc54)c3)cc2)N1. The smallest absolute Gasteiger partial charge is 0.155 e. The number of rotatable bonds is 6. The third-order valence-corrected chi connectivity index (χ3v) is 11.7. The lowest BCUT2D eigenvalue weighted by molar-refractivity contribution is 0.532. The first kappa shape index (κ1) is 33.5. The average molecular weight is 753 g/mol. The molecule has 0 spiro atoms. The summed E-state index contributed by atoms with van der Waals surface area (Å²) in [6.07, 6.45) is 2.23. The summed E-state index contributed by atoms with van der Waals surface area (Å²) in [6, 6.07) is 69.7. The molecule has 2 unspecified atom stereocenters. The molecule has 3 heterocycles. The molecule has 57 heavy (non-hydrogen) atoms. The highest BCUT2D eigenvalue weighted by Crippen LogP contribution is 2.36. The number of nitrogens with one attached hydrogen (secondary N) is 2. The highest BCUT2D eigenvalue weighted by Gasteiger charge is 2.22. The van der Waals surface area contributed by atoms with Gasteiger partial charge in [0, 0.05) is 38.6 Å². The van der Waals surface area contributed by atoms with E-state index in [-0.39, 0.29) is 6.04 Å². The molecule has 0 aliphatic carbocycles. The molecule has 4 nitrogen and oxygen atoms in total. The molecule has 10 aromatic rings. The average Bonchev–Trinajstić information content (AvgIpc) is 3.80. The highest BCUT2D eigenvalue weighted by atomic mass is 35.5. The van der Waals surface area contributed by atoms with Gasteiger partial charge in [-0.3, -0.25) is 5.32 Å². The van der Waals surface area contributed by atoms with Crippen LogP contribution < -0.4 is 10.6 Å². The maximum absolute atomic E-state index is 6.79. The minimum absolute atomic E-state index is 0.0516. The van der Waals surface area contributed by atoms with Crippen molar-refractivity contribution < 1.29 is 0 Å². The summed E-state index contributed by atoms with van der Waals surface area (Å²) in [5.41, 5.74) is 14.6. The van der Waals surface area contributed by atoms with Crippen LogP contribution in [0, 0.1) is 0 Å². The zero-order valence-electron chi connectivity index (χ0n) is 31.0. The van der Waals surface area contributed by atoms with E-state index in [1.54, 1.807) is 0 Å². The van der Waals surface area contributed by atoms with E-state index in [9.17, 15) is 0 Å². The Balaban J connectivity index is 0.864. The number of nitrogens with zero attached hydrogens (tertiary/aromatic N) is 2. The van der Waals surface area contributed by atoms with E-state index in [0.29, 0.717) is 0 Å². The molecular weight excluding hydrogens is 716 g/mol. The fourth-order valence-corrected chi connectivity index (χ4v) is 9.00. The minimum atomic E-state index is -0.417. The molecule has 5 heteroatoms. The minimum Gasteiger partial charge on any atom is -0.357 e. The molecule has 0 fully saturated rings. The van der Waals surface area contributed by atoms with Crippen LogP contribution in [0.15, 0.2) is 200 Å². The predicted octanol–water partition coefficient (Wildman–Crippen LogP) is 13.0. The van der Waals surface area contributed by atoms with Gasteiger partial charge in [0.2, 0.25) is 0 Å². The Kier molecular flexibility index (Phi) is 8.06. The van der Waals surface area contributed by atoms with Crippen LogP contribution in [-0.4, -0.2) is 14.8 Å². The van der Waals surface area contributed by atoms with E-state index in [1.165, 1.54) is 60.3 Å². The summed E-state index contributed by atoms with van der Waals surface area (Å²) in [5.74, 6) is 0. The number of fused-ring (bicyclic) bond motifs is 6. The van der Waals surface area contributed by atoms with E-state index < -0.39 is 5.62 Å². The third kappa shape index (κ3) is 5.81.